The largest absolute Gasteiger partial charge is 0.497 e. The first-order valence-electron chi connectivity index (χ1n) is 10.1. The van der Waals surface area contributed by atoms with Gasteiger partial charge < -0.3 is 19.9 Å². The van der Waals surface area contributed by atoms with Gasteiger partial charge in [-0.15, -0.1) is 0 Å². The van der Waals surface area contributed by atoms with Crippen molar-refractivity contribution in [2.45, 2.75) is 6.92 Å². The Bertz CT molecular complexity index is 1070. The summed E-state index contributed by atoms with van der Waals surface area (Å²) in [4.78, 5) is 26.0. The Morgan fingerprint density at radius 2 is 1.74 bits per heavy atom. The molecule has 7 nitrogen and oxygen atoms in total. The highest BCUT2D eigenvalue weighted by molar-refractivity contribution is 6.33. The lowest BCUT2D eigenvalue weighted by molar-refractivity contribution is 0.0746. The second kappa shape index (κ2) is 9.22. The van der Waals surface area contributed by atoms with E-state index in [2.05, 4.69) is 20.2 Å². The number of rotatable bonds is 5. The molecule has 0 atom stereocenters. The highest BCUT2D eigenvalue weighted by Gasteiger charge is 2.25. The number of aryl methyl sites for hydroxylation is 1. The number of nitrogens with zero attached hydrogens (tertiary/aromatic N) is 4. The first-order valence-corrected chi connectivity index (χ1v) is 10.5. The fourth-order valence-electron chi connectivity index (χ4n) is 3.50. The number of amides is 1. The van der Waals surface area contributed by atoms with E-state index in [1.165, 1.54) is 0 Å². The lowest BCUT2D eigenvalue weighted by atomic mass is 10.2. The molecule has 4 rings (SSSR count). The van der Waals surface area contributed by atoms with Crippen molar-refractivity contribution in [3.63, 3.8) is 0 Å². The molecule has 1 saturated heterocycles. The van der Waals surface area contributed by atoms with E-state index >= 15 is 0 Å². The molecule has 1 N–H and O–H groups in total. The smallest absolute Gasteiger partial charge is 0.255 e. The number of ether oxygens (including phenoxy) is 1. The first kappa shape index (κ1) is 20.9. The number of halogens is 1. The molecule has 1 aromatic heterocycles. The zero-order valence-electron chi connectivity index (χ0n) is 17.5. The quantitative estimate of drug-likeness (QED) is 0.646. The minimum atomic E-state index is -0.0442. The SMILES string of the molecule is COc1ccc(Nc2cc(C)nc(N3CCN(C(=O)c4ccccc4Cl)CC3)n2)cc1. The average Bonchev–Trinajstić information content (AvgIpc) is 2.79. The maximum Gasteiger partial charge on any atom is 0.255 e. The summed E-state index contributed by atoms with van der Waals surface area (Å²) in [5, 5.41) is 3.80. The van der Waals surface area contributed by atoms with Gasteiger partial charge in [0.1, 0.15) is 11.6 Å². The summed E-state index contributed by atoms with van der Waals surface area (Å²) in [6.45, 7) is 4.43. The van der Waals surface area contributed by atoms with Crippen LogP contribution in [0.4, 0.5) is 17.5 Å². The van der Waals surface area contributed by atoms with Gasteiger partial charge in [0.2, 0.25) is 5.95 Å². The van der Waals surface area contributed by atoms with Crippen LogP contribution in [0, 0.1) is 6.92 Å². The van der Waals surface area contributed by atoms with E-state index in [1.807, 2.05) is 54.3 Å². The van der Waals surface area contributed by atoms with Gasteiger partial charge in [-0.05, 0) is 43.3 Å². The zero-order chi connectivity index (χ0) is 21.8. The normalized spacial score (nSPS) is 13.8. The summed E-state index contributed by atoms with van der Waals surface area (Å²) < 4.78 is 5.20. The Kier molecular flexibility index (Phi) is 6.23. The van der Waals surface area contributed by atoms with Crippen molar-refractivity contribution in [3.8, 4) is 5.75 Å². The fraction of sp³-hybridized carbons (Fsp3) is 0.261. The second-order valence-electron chi connectivity index (χ2n) is 7.31. The molecule has 1 amide bonds. The van der Waals surface area contributed by atoms with E-state index in [1.54, 1.807) is 19.2 Å². The number of carbonyl (C=O) groups excluding carboxylic acids is 1. The number of hydrogen-bond donors (Lipinski definition) is 1. The van der Waals surface area contributed by atoms with E-state index in [0.29, 0.717) is 42.7 Å². The van der Waals surface area contributed by atoms with Crippen LogP contribution in [0.25, 0.3) is 0 Å². The number of aromatic nitrogens is 2. The van der Waals surface area contributed by atoms with Crippen LogP contribution < -0.4 is 15.0 Å². The summed E-state index contributed by atoms with van der Waals surface area (Å²) in [6.07, 6.45) is 0. The predicted molar refractivity (Wildman–Crippen MR) is 123 cm³/mol. The van der Waals surface area contributed by atoms with Crippen LogP contribution >= 0.6 is 11.6 Å². The molecule has 1 aliphatic rings. The van der Waals surface area contributed by atoms with Gasteiger partial charge in [0, 0.05) is 43.6 Å². The third-order valence-corrected chi connectivity index (χ3v) is 5.49. The molecular weight excluding hydrogens is 414 g/mol. The van der Waals surface area contributed by atoms with Crippen molar-refractivity contribution in [2.75, 3.05) is 43.5 Å². The summed E-state index contributed by atoms with van der Waals surface area (Å²) in [6, 6.07) is 16.7. The van der Waals surface area contributed by atoms with Gasteiger partial charge in [-0.2, -0.15) is 4.98 Å². The number of methoxy groups -OCH3 is 1. The molecule has 0 radical (unpaired) electrons. The van der Waals surface area contributed by atoms with Gasteiger partial charge in [0.15, 0.2) is 0 Å². The number of nitrogens with one attached hydrogen (secondary N) is 1. The van der Waals surface area contributed by atoms with Gasteiger partial charge in [0.25, 0.3) is 5.91 Å². The molecule has 160 valence electrons. The van der Waals surface area contributed by atoms with Gasteiger partial charge in [-0.25, -0.2) is 4.98 Å². The van der Waals surface area contributed by atoms with Crippen LogP contribution in [0.2, 0.25) is 5.02 Å². The van der Waals surface area contributed by atoms with Crippen molar-refractivity contribution in [3.05, 3.63) is 70.9 Å². The van der Waals surface area contributed by atoms with E-state index in [9.17, 15) is 4.79 Å². The molecule has 0 saturated carbocycles. The molecule has 0 unspecified atom stereocenters. The molecule has 2 heterocycles. The van der Waals surface area contributed by atoms with Gasteiger partial charge in [0.05, 0.1) is 17.7 Å². The Balaban J connectivity index is 1.43. The minimum absolute atomic E-state index is 0.0442. The van der Waals surface area contributed by atoms with Crippen LogP contribution in [0.1, 0.15) is 16.1 Å². The van der Waals surface area contributed by atoms with E-state index in [-0.39, 0.29) is 5.91 Å². The minimum Gasteiger partial charge on any atom is -0.497 e. The highest BCUT2D eigenvalue weighted by Crippen LogP contribution is 2.23. The molecule has 0 aliphatic carbocycles. The van der Waals surface area contributed by atoms with Crippen molar-refractivity contribution in [2.24, 2.45) is 0 Å². The topological polar surface area (TPSA) is 70.6 Å². The molecular formula is C23H24ClN5O2. The van der Waals surface area contributed by atoms with Crippen LogP contribution in [-0.2, 0) is 0 Å². The molecule has 3 aromatic rings. The fourth-order valence-corrected chi connectivity index (χ4v) is 3.71. The van der Waals surface area contributed by atoms with Crippen LogP contribution in [0.3, 0.4) is 0 Å². The average molecular weight is 438 g/mol. The number of benzene rings is 2. The molecule has 0 bridgehead atoms. The van der Waals surface area contributed by atoms with E-state index in [4.69, 9.17) is 16.3 Å². The predicted octanol–water partition coefficient (Wildman–Crippen LogP) is 4.15. The number of hydrogen-bond acceptors (Lipinski definition) is 6. The highest BCUT2D eigenvalue weighted by atomic mass is 35.5. The van der Waals surface area contributed by atoms with Crippen molar-refractivity contribution in [1.82, 2.24) is 14.9 Å². The van der Waals surface area contributed by atoms with Gasteiger partial charge >= 0.3 is 0 Å². The third-order valence-electron chi connectivity index (χ3n) is 5.16. The van der Waals surface area contributed by atoms with Crippen molar-refractivity contribution in [1.29, 1.82) is 0 Å². The molecule has 31 heavy (non-hydrogen) atoms. The first-order chi connectivity index (χ1) is 15.0. The monoisotopic (exact) mass is 437 g/mol. The number of carbonyl (C=O) groups is 1. The summed E-state index contributed by atoms with van der Waals surface area (Å²) in [5.41, 5.74) is 2.32. The Hall–Kier alpha value is -3.32. The van der Waals surface area contributed by atoms with Crippen molar-refractivity contribution >= 4 is 35.0 Å². The third kappa shape index (κ3) is 4.88. The molecule has 0 spiro atoms. The standard InChI is InChI=1S/C23H24ClN5O2/c1-16-15-21(26-17-7-9-18(31-2)10-8-17)27-23(25-16)29-13-11-28(12-14-29)22(30)19-5-3-4-6-20(19)24/h3-10,15H,11-14H2,1-2H3,(H,25,26,27). The lowest BCUT2D eigenvalue weighted by Crippen LogP contribution is -2.49. The van der Waals surface area contributed by atoms with Crippen molar-refractivity contribution < 1.29 is 9.53 Å². The van der Waals surface area contributed by atoms with Gasteiger partial charge in [-0.1, -0.05) is 23.7 Å². The molecule has 2 aromatic carbocycles. The zero-order valence-corrected chi connectivity index (χ0v) is 18.3. The molecule has 1 fully saturated rings. The van der Waals surface area contributed by atoms with Gasteiger partial charge in [-0.3, -0.25) is 4.79 Å². The summed E-state index contributed by atoms with van der Waals surface area (Å²) >= 11 is 6.19. The second-order valence-corrected chi connectivity index (χ2v) is 7.71. The Morgan fingerprint density at radius 3 is 2.42 bits per heavy atom. The Morgan fingerprint density at radius 1 is 1.03 bits per heavy atom. The molecule has 8 heteroatoms. The lowest BCUT2D eigenvalue weighted by Gasteiger charge is -2.35. The summed E-state index contributed by atoms with van der Waals surface area (Å²) in [7, 11) is 1.64. The van der Waals surface area contributed by atoms with Crippen LogP contribution in [-0.4, -0.2) is 54.1 Å². The van der Waals surface area contributed by atoms with Crippen LogP contribution in [0.5, 0.6) is 5.75 Å². The van der Waals surface area contributed by atoms with E-state index in [0.717, 1.165) is 22.9 Å². The molecule has 1 aliphatic heterocycles. The number of anilines is 3. The van der Waals surface area contributed by atoms with Crippen LogP contribution in [0.15, 0.2) is 54.6 Å². The summed E-state index contributed by atoms with van der Waals surface area (Å²) in [5.74, 6) is 2.13. The number of piperazine rings is 1. The maximum atomic E-state index is 12.8. The van der Waals surface area contributed by atoms with E-state index < -0.39 is 0 Å². The Labute approximate surface area is 186 Å². The maximum absolute atomic E-state index is 12.8.